The number of carbonyl (C=O) groups excluding carboxylic acids is 1. The van der Waals surface area contributed by atoms with Gasteiger partial charge < -0.3 is 4.42 Å². The second-order valence-corrected chi connectivity index (χ2v) is 8.78. The number of fused-ring (bicyclic) bond motifs is 1. The van der Waals surface area contributed by atoms with Crippen LogP contribution in [0.2, 0.25) is 0 Å². The highest BCUT2D eigenvalue weighted by Gasteiger charge is 2.17. The minimum absolute atomic E-state index is 0.0228. The molecule has 4 rings (SSSR count). The van der Waals surface area contributed by atoms with Crippen LogP contribution in [-0.2, 0) is 4.79 Å². The first-order chi connectivity index (χ1) is 15.3. The molecule has 32 heavy (non-hydrogen) atoms. The van der Waals surface area contributed by atoms with E-state index in [4.69, 9.17) is 4.42 Å². The monoisotopic (exact) mass is 449 g/mol. The molecule has 0 fully saturated rings. The van der Waals surface area contributed by atoms with Crippen molar-refractivity contribution in [3.05, 3.63) is 69.8 Å². The normalized spacial score (nSPS) is 11.3. The van der Waals surface area contributed by atoms with Gasteiger partial charge in [-0.2, -0.15) is 0 Å². The highest BCUT2D eigenvalue weighted by atomic mass is 32.2. The van der Waals surface area contributed by atoms with Gasteiger partial charge in [-0.05, 0) is 49.2 Å². The van der Waals surface area contributed by atoms with E-state index in [2.05, 4.69) is 20.5 Å². The van der Waals surface area contributed by atoms with Gasteiger partial charge in [0, 0.05) is 5.92 Å². The first-order valence-electron chi connectivity index (χ1n) is 10.2. The maximum atomic E-state index is 13.4. The number of aryl methyl sites for hydroxylation is 2. The Morgan fingerprint density at radius 2 is 1.84 bits per heavy atom. The van der Waals surface area contributed by atoms with E-state index in [1.165, 1.54) is 11.8 Å². The van der Waals surface area contributed by atoms with Gasteiger partial charge in [0.25, 0.3) is 5.56 Å². The summed E-state index contributed by atoms with van der Waals surface area (Å²) in [5.74, 6) is 0.210. The lowest BCUT2D eigenvalue weighted by Crippen LogP contribution is -2.23. The fourth-order valence-corrected chi connectivity index (χ4v) is 4.13. The predicted octanol–water partition coefficient (Wildman–Crippen LogP) is 4.24. The minimum Gasteiger partial charge on any atom is -0.408 e. The van der Waals surface area contributed by atoms with Crippen LogP contribution in [0.15, 0.2) is 56.8 Å². The molecular formula is C23H23N5O3S. The molecule has 2 heterocycles. The summed E-state index contributed by atoms with van der Waals surface area (Å²) in [6.07, 6.45) is 0. The zero-order chi connectivity index (χ0) is 22.8. The average Bonchev–Trinajstić information content (AvgIpc) is 3.20. The van der Waals surface area contributed by atoms with Crippen molar-refractivity contribution in [2.75, 3.05) is 11.1 Å². The van der Waals surface area contributed by atoms with Crippen LogP contribution in [0.1, 0.15) is 36.8 Å². The van der Waals surface area contributed by atoms with E-state index in [1.54, 1.807) is 16.7 Å². The molecule has 9 heteroatoms. The number of benzene rings is 2. The number of nitrogens with zero attached hydrogens (tertiary/aromatic N) is 4. The summed E-state index contributed by atoms with van der Waals surface area (Å²) in [6, 6.07) is 13.1. The third-order valence-electron chi connectivity index (χ3n) is 4.72. The van der Waals surface area contributed by atoms with Crippen molar-refractivity contribution in [2.45, 2.75) is 38.8 Å². The summed E-state index contributed by atoms with van der Waals surface area (Å²) in [6.45, 7) is 7.80. The van der Waals surface area contributed by atoms with Crippen molar-refractivity contribution in [2.24, 2.45) is 0 Å². The number of hydrogen-bond donors (Lipinski definition) is 1. The Labute approximate surface area is 189 Å². The van der Waals surface area contributed by atoms with Crippen molar-refractivity contribution in [3.63, 3.8) is 0 Å². The third-order valence-corrected chi connectivity index (χ3v) is 5.66. The smallest absolute Gasteiger partial charge is 0.322 e. The number of thioether (sulfide) groups is 1. The van der Waals surface area contributed by atoms with Gasteiger partial charge in [-0.15, -0.1) is 5.10 Å². The molecule has 0 radical (unpaired) electrons. The van der Waals surface area contributed by atoms with Crippen LogP contribution < -0.4 is 10.9 Å². The van der Waals surface area contributed by atoms with Crippen LogP contribution in [0.5, 0.6) is 0 Å². The lowest BCUT2D eigenvalue weighted by Gasteiger charge is -2.14. The Kier molecular flexibility index (Phi) is 6.09. The molecule has 0 unspecified atom stereocenters. The van der Waals surface area contributed by atoms with E-state index in [1.807, 2.05) is 58.0 Å². The van der Waals surface area contributed by atoms with Crippen LogP contribution in [0, 0.1) is 13.8 Å². The third kappa shape index (κ3) is 4.57. The van der Waals surface area contributed by atoms with Crippen molar-refractivity contribution in [1.82, 2.24) is 19.7 Å². The summed E-state index contributed by atoms with van der Waals surface area (Å²) < 4.78 is 6.99. The van der Waals surface area contributed by atoms with Gasteiger partial charge in [0.2, 0.25) is 11.8 Å². The highest BCUT2D eigenvalue weighted by molar-refractivity contribution is 7.99. The maximum Gasteiger partial charge on any atom is 0.322 e. The van der Waals surface area contributed by atoms with E-state index in [0.717, 1.165) is 11.1 Å². The number of aromatic nitrogens is 4. The van der Waals surface area contributed by atoms with Crippen LogP contribution in [-0.4, -0.2) is 31.4 Å². The molecule has 0 spiro atoms. The Morgan fingerprint density at radius 1 is 1.12 bits per heavy atom. The van der Waals surface area contributed by atoms with Gasteiger partial charge in [0.1, 0.15) is 0 Å². The van der Waals surface area contributed by atoms with Gasteiger partial charge in [-0.25, -0.2) is 4.98 Å². The van der Waals surface area contributed by atoms with Crippen molar-refractivity contribution < 1.29 is 9.21 Å². The SMILES string of the molecule is Cc1cc(C)cc(-n2c(SCC(=O)Nc3nnc(C(C)C)o3)nc3ccccc3c2=O)c1. The number of carbonyl (C=O) groups is 1. The molecule has 2 aromatic carbocycles. The fourth-order valence-electron chi connectivity index (χ4n) is 3.32. The summed E-state index contributed by atoms with van der Waals surface area (Å²) in [5.41, 5.74) is 3.19. The minimum atomic E-state index is -0.330. The van der Waals surface area contributed by atoms with E-state index >= 15 is 0 Å². The maximum absolute atomic E-state index is 13.4. The lowest BCUT2D eigenvalue weighted by molar-refractivity contribution is -0.113. The van der Waals surface area contributed by atoms with Crippen LogP contribution >= 0.6 is 11.8 Å². The van der Waals surface area contributed by atoms with Crippen LogP contribution in [0.4, 0.5) is 6.01 Å². The molecule has 0 atom stereocenters. The van der Waals surface area contributed by atoms with Gasteiger partial charge >= 0.3 is 6.01 Å². The summed E-state index contributed by atoms with van der Waals surface area (Å²) in [7, 11) is 0. The first kappa shape index (κ1) is 21.8. The zero-order valence-electron chi connectivity index (χ0n) is 18.2. The van der Waals surface area contributed by atoms with Crippen LogP contribution in [0.3, 0.4) is 0 Å². The number of nitrogens with one attached hydrogen (secondary N) is 1. The number of anilines is 1. The fraction of sp³-hybridized carbons (Fsp3) is 0.261. The molecule has 0 aliphatic carbocycles. The Morgan fingerprint density at radius 3 is 2.53 bits per heavy atom. The van der Waals surface area contributed by atoms with Crippen LogP contribution in [0.25, 0.3) is 16.6 Å². The molecule has 4 aromatic rings. The molecule has 0 saturated carbocycles. The Hall–Kier alpha value is -3.46. The quantitative estimate of drug-likeness (QED) is 0.347. The Bertz CT molecular complexity index is 1340. The zero-order valence-corrected chi connectivity index (χ0v) is 19.1. The van der Waals surface area contributed by atoms with Crippen molar-refractivity contribution in [1.29, 1.82) is 0 Å². The molecule has 1 N–H and O–H groups in total. The van der Waals surface area contributed by atoms with E-state index in [-0.39, 0.29) is 29.2 Å². The van der Waals surface area contributed by atoms with E-state index in [9.17, 15) is 9.59 Å². The molecule has 0 aliphatic rings. The molecule has 0 bridgehead atoms. The summed E-state index contributed by atoms with van der Waals surface area (Å²) >= 11 is 1.17. The lowest BCUT2D eigenvalue weighted by atomic mass is 10.1. The largest absolute Gasteiger partial charge is 0.408 e. The van der Waals surface area contributed by atoms with Gasteiger partial charge in [0.05, 0.1) is 22.3 Å². The summed E-state index contributed by atoms with van der Waals surface area (Å²) in [4.78, 5) is 30.5. The molecule has 8 nitrogen and oxygen atoms in total. The van der Waals surface area contributed by atoms with Gasteiger partial charge in [-0.1, -0.05) is 48.9 Å². The predicted molar refractivity (Wildman–Crippen MR) is 125 cm³/mol. The Balaban J connectivity index is 1.66. The molecule has 2 aromatic heterocycles. The van der Waals surface area contributed by atoms with E-state index in [0.29, 0.717) is 27.6 Å². The van der Waals surface area contributed by atoms with Gasteiger partial charge in [-0.3, -0.25) is 19.5 Å². The second kappa shape index (κ2) is 8.96. The molecular weight excluding hydrogens is 426 g/mol. The van der Waals surface area contributed by atoms with Crippen molar-refractivity contribution in [3.8, 4) is 5.69 Å². The number of hydrogen-bond acceptors (Lipinski definition) is 7. The van der Waals surface area contributed by atoms with E-state index < -0.39 is 0 Å². The first-order valence-corrected chi connectivity index (χ1v) is 11.2. The molecule has 0 saturated heterocycles. The van der Waals surface area contributed by atoms with Crippen molar-refractivity contribution >= 4 is 34.6 Å². The standard InChI is InChI=1S/C23H23N5O3S/c1-13(2)20-26-27-22(31-20)25-19(29)12-32-23-24-18-8-6-5-7-17(18)21(30)28(23)16-10-14(3)9-15(4)11-16/h5-11,13H,12H2,1-4H3,(H,25,27,29). The highest BCUT2D eigenvalue weighted by Crippen LogP contribution is 2.23. The number of para-hydroxylation sites is 1. The topological polar surface area (TPSA) is 103 Å². The molecule has 1 amide bonds. The number of rotatable bonds is 6. The van der Waals surface area contributed by atoms with Gasteiger partial charge in [0.15, 0.2) is 5.16 Å². The summed E-state index contributed by atoms with van der Waals surface area (Å²) in [5, 5.41) is 11.3. The molecule has 0 aliphatic heterocycles. The average molecular weight is 450 g/mol. The molecule has 164 valence electrons. The second-order valence-electron chi connectivity index (χ2n) is 7.84. The number of amides is 1.